The molecule has 1 aliphatic rings. The number of rotatable bonds is 3. The maximum absolute atomic E-state index is 3.81. The molecule has 0 amide bonds. The second-order valence-corrected chi connectivity index (χ2v) is 3.42. The molecular formula is C11H17N. The minimum Gasteiger partial charge on any atom is -0.371 e. The molecule has 0 saturated heterocycles. The van der Waals surface area contributed by atoms with Gasteiger partial charge in [0.05, 0.1) is 0 Å². The Bertz CT molecular complexity index is 213. The maximum Gasteiger partial charge on any atom is 0.0360 e. The third kappa shape index (κ3) is 2.57. The van der Waals surface area contributed by atoms with E-state index in [1.54, 1.807) is 0 Å². The van der Waals surface area contributed by atoms with Gasteiger partial charge in [-0.2, -0.15) is 0 Å². The smallest absolute Gasteiger partial charge is 0.0360 e. The van der Waals surface area contributed by atoms with Crippen molar-refractivity contribution < 1.29 is 0 Å². The molecule has 12 heavy (non-hydrogen) atoms. The molecular weight excluding hydrogens is 146 g/mol. The van der Waals surface area contributed by atoms with Gasteiger partial charge in [0.15, 0.2) is 0 Å². The van der Waals surface area contributed by atoms with Crippen LogP contribution in [0.2, 0.25) is 0 Å². The van der Waals surface area contributed by atoms with E-state index in [4.69, 9.17) is 0 Å². The van der Waals surface area contributed by atoms with Crippen molar-refractivity contribution in [1.82, 2.24) is 4.90 Å². The summed E-state index contributed by atoms with van der Waals surface area (Å²) in [6.07, 6.45) is 9.81. The first-order chi connectivity index (χ1) is 5.70. The van der Waals surface area contributed by atoms with Gasteiger partial charge in [-0.15, -0.1) is 0 Å². The number of hydrogen-bond donors (Lipinski definition) is 0. The zero-order chi connectivity index (χ0) is 8.97. The third-order valence-corrected chi connectivity index (χ3v) is 2.06. The molecule has 0 N–H and O–H groups in total. The van der Waals surface area contributed by atoms with Gasteiger partial charge in [0.2, 0.25) is 0 Å². The molecule has 0 aromatic heterocycles. The van der Waals surface area contributed by atoms with Crippen LogP contribution in [0.25, 0.3) is 0 Å². The lowest BCUT2D eigenvalue weighted by atomic mass is 10.2. The summed E-state index contributed by atoms with van der Waals surface area (Å²) < 4.78 is 0. The van der Waals surface area contributed by atoms with E-state index in [1.807, 2.05) is 6.92 Å². The fourth-order valence-electron chi connectivity index (χ4n) is 1.29. The first-order valence-electron chi connectivity index (χ1n) is 4.44. The van der Waals surface area contributed by atoms with Crippen LogP contribution in [0.5, 0.6) is 0 Å². The molecule has 1 rings (SSSR count). The van der Waals surface area contributed by atoms with Crippen LogP contribution in [-0.4, -0.2) is 17.5 Å². The topological polar surface area (TPSA) is 3.24 Å². The van der Waals surface area contributed by atoms with Gasteiger partial charge in [-0.3, -0.25) is 0 Å². The van der Waals surface area contributed by atoms with Crippen molar-refractivity contribution >= 4 is 0 Å². The van der Waals surface area contributed by atoms with E-state index in [1.165, 1.54) is 6.42 Å². The molecule has 0 saturated carbocycles. The number of allylic oxidation sites excluding steroid dienone is 2. The summed E-state index contributed by atoms with van der Waals surface area (Å²) in [5.41, 5.74) is 1.12. The normalized spacial score (nSPS) is 22.5. The monoisotopic (exact) mass is 163 g/mol. The van der Waals surface area contributed by atoms with Crippen LogP contribution in [0.1, 0.15) is 20.3 Å². The molecule has 1 aliphatic heterocycles. The van der Waals surface area contributed by atoms with Gasteiger partial charge < -0.3 is 4.90 Å². The molecule has 0 fully saturated rings. The van der Waals surface area contributed by atoms with E-state index in [0.717, 1.165) is 12.1 Å². The van der Waals surface area contributed by atoms with Crippen LogP contribution in [0.3, 0.4) is 0 Å². The van der Waals surface area contributed by atoms with Crippen molar-refractivity contribution in [2.45, 2.75) is 26.3 Å². The number of hydrogen-bond acceptors (Lipinski definition) is 1. The SMILES string of the molecule is C=C(C)/C=C/CN1C=CCC1C. The first kappa shape index (κ1) is 9.11. The average molecular weight is 163 g/mol. The Morgan fingerprint density at radius 1 is 1.75 bits per heavy atom. The van der Waals surface area contributed by atoms with Gasteiger partial charge in [0.25, 0.3) is 0 Å². The van der Waals surface area contributed by atoms with Crippen molar-refractivity contribution in [3.8, 4) is 0 Å². The van der Waals surface area contributed by atoms with E-state index in [-0.39, 0.29) is 0 Å². The van der Waals surface area contributed by atoms with Gasteiger partial charge in [-0.1, -0.05) is 30.4 Å². The molecule has 0 bridgehead atoms. The molecule has 1 unspecified atom stereocenters. The molecule has 0 spiro atoms. The van der Waals surface area contributed by atoms with Crippen LogP contribution in [0.4, 0.5) is 0 Å². The standard InChI is InChI=1S/C11H17N/c1-10(2)6-4-8-12-9-5-7-11(12)3/h4-6,9,11H,1,7-8H2,2-3H3/b6-4+. The van der Waals surface area contributed by atoms with Crippen molar-refractivity contribution in [1.29, 1.82) is 0 Å². The Balaban J connectivity index is 2.32. The van der Waals surface area contributed by atoms with Crippen molar-refractivity contribution in [2.24, 2.45) is 0 Å². The van der Waals surface area contributed by atoms with Crippen LogP contribution in [-0.2, 0) is 0 Å². The minimum absolute atomic E-state index is 0.666. The molecule has 1 nitrogen and oxygen atoms in total. The summed E-state index contributed by atoms with van der Waals surface area (Å²) in [6.45, 7) is 9.08. The van der Waals surface area contributed by atoms with Gasteiger partial charge in [0.1, 0.15) is 0 Å². The highest BCUT2D eigenvalue weighted by atomic mass is 15.1. The molecule has 0 radical (unpaired) electrons. The van der Waals surface area contributed by atoms with Crippen molar-refractivity contribution in [3.05, 3.63) is 36.6 Å². The molecule has 66 valence electrons. The fourth-order valence-corrected chi connectivity index (χ4v) is 1.29. The van der Waals surface area contributed by atoms with E-state index < -0.39 is 0 Å². The zero-order valence-electron chi connectivity index (χ0n) is 7.96. The highest BCUT2D eigenvalue weighted by molar-refractivity contribution is 5.12. The van der Waals surface area contributed by atoms with Crippen LogP contribution < -0.4 is 0 Å². The second-order valence-electron chi connectivity index (χ2n) is 3.42. The molecule has 1 atom stereocenters. The Morgan fingerprint density at radius 3 is 3.00 bits per heavy atom. The summed E-state index contributed by atoms with van der Waals surface area (Å²) in [5, 5.41) is 0. The highest BCUT2D eigenvalue weighted by Crippen LogP contribution is 2.12. The van der Waals surface area contributed by atoms with E-state index in [2.05, 4.69) is 42.8 Å². The van der Waals surface area contributed by atoms with Crippen LogP contribution in [0, 0.1) is 0 Å². The Kier molecular flexibility index (Phi) is 3.15. The van der Waals surface area contributed by atoms with E-state index in [0.29, 0.717) is 6.04 Å². The Hall–Kier alpha value is -0.980. The summed E-state index contributed by atoms with van der Waals surface area (Å²) >= 11 is 0. The average Bonchev–Trinajstić information content (AvgIpc) is 2.36. The highest BCUT2D eigenvalue weighted by Gasteiger charge is 2.11. The van der Waals surface area contributed by atoms with Gasteiger partial charge in [0, 0.05) is 12.6 Å². The maximum atomic E-state index is 3.81. The third-order valence-electron chi connectivity index (χ3n) is 2.06. The zero-order valence-corrected chi connectivity index (χ0v) is 7.96. The molecule has 0 aromatic rings. The Labute approximate surface area is 75.1 Å². The van der Waals surface area contributed by atoms with Crippen LogP contribution >= 0.6 is 0 Å². The molecule has 0 aromatic carbocycles. The largest absolute Gasteiger partial charge is 0.371 e. The summed E-state index contributed by atoms with van der Waals surface area (Å²) in [6, 6.07) is 0.666. The van der Waals surface area contributed by atoms with Gasteiger partial charge in [-0.05, 0) is 26.5 Å². The van der Waals surface area contributed by atoms with E-state index >= 15 is 0 Å². The lowest BCUT2D eigenvalue weighted by molar-refractivity contribution is 0.349. The lowest BCUT2D eigenvalue weighted by Gasteiger charge is -2.19. The summed E-state index contributed by atoms with van der Waals surface area (Å²) in [5.74, 6) is 0. The molecule has 1 heteroatoms. The van der Waals surface area contributed by atoms with Crippen molar-refractivity contribution in [2.75, 3.05) is 6.54 Å². The lowest BCUT2D eigenvalue weighted by Crippen LogP contribution is -2.23. The summed E-state index contributed by atoms with van der Waals surface area (Å²) in [7, 11) is 0. The predicted octanol–water partition coefficient (Wildman–Crippen LogP) is 2.73. The summed E-state index contributed by atoms with van der Waals surface area (Å²) in [4.78, 5) is 2.33. The van der Waals surface area contributed by atoms with Crippen molar-refractivity contribution in [3.63, 3.8) is 0 Å². The minimum atomic E-state index is 0.666. The van der Waals surface area contributed by atoms with Crippen LogP contribution in [0.15, 0.2) is 36.6 Å². The van der Waals surface area contributed by atoms with Gasteiger partial charge in [-0.25, -0.2) is 0 Å². The quantitative estimate of drug-likeness (QED) is 0.578. The fraction of sp³-hybridized carbons (Fsp3) is 0.455. The first-order valence-corrected chi connectivity index (χ1v) is 4.44. The second kappa shape index (κ2) is 4.15. The molecule has 0 aliphatic carbocycles. The van der Waals surface area contributed by atoms with Gasteiger partial charge >= 0.3 is 0 Å². The predicted molar refractivity (Wildman–Crippen MR) is 53.9 cm³/mol. The molecule has 1 heterocycles. The Morgan fingerprint density at radius 2 is 2.50 bits per heavy atom. The van der Waals surface area contributed by atoms with E-state index in [9.17, 15) is 0 Å². The number of nitrogens with zero attached hydrogens (tertiary/aromatic N) is 1.